The number of carbonyl (C=O) groups is 4. The van der Waals surface area contributed by atoms with Crippen LogP contribution in [-0.2, 0) is 12.8 Å². The van der Waals surface area contributed by atoms with Crippen molar-refractivity contribution in [1.82, 2.24) is 19.8 Å². The molecule has 1 aliphatic heterocycles. The number of fused-ring (bicyclic) bond motifs is 2. The standard InChI is InChI=1S/C14H19N3O2.C9H9NO3/c1-16-5-7-17(8-6-16)14(19)11-9-10-3-2-4-12(18)13(10)15-11;11-7-3-1-2-5-4-6(9(12)13)10-8(5)7/h9,15H,2-8H2,1H3;4,10H,1-3H2,(H,12,13). The third-order valence-corrected chi connectivity index (χ3v) is 6.31. The molecule has 1 amide bonds. The fraction of sp³-hybridized carbons (Fsp3) is 0.478. The molecular formula is C23H28N4O5. The molecular weight excluding hydrogens is 412 g/mol. The highest BCUT2D eigenvalue weighted by Crippen LogP contribution is 2.23. The Hall–Kier alpha value is -3.20. The van der Waals surface area contributed by atoms with Gasteiger partial charge in [0.1, 0.15) is 11.4 Å². The third kappa shape index (κ3) is 4.52. The van der Waals surface area contributed by atoms with Crippen molar-refractivity contribution >= 4 is 23.4 Å². The second-order valence-corrected chi connectivity index (χ2v) is 8.62. The normalized spacial score (nSPS) is 18.5. The number of ketones is 2. The summed E-state index contributed by atoms with van der Waals surface area (Å²) in [7, 11) is 2.06. The predicted molar refractivity (Wildman–Crippen MR) is 116 cm³/mol. The van der Waals surface area contributed by atoms with Crippen LogP contribution < -0.4 is 0 Å². The Morgan fingerprint density at radius 1 is 0.812 bits per heavy atom. The number of rotatable bonds is 2. The van der Waals surface area contributed by atoms with Gasteiger partial charge in [-0.1, -0.05) is 0 Å². The monoisotopic (exact) mass is 440 g/mol. The van der Waals surface area contributed by atoms with Crippen LogP contribution in [0.5, 0.6) is 0 Å². The lowest BCUT2D eigenvalue weighted by molar-refractivity contribution is 0.0656. The van der Waals surface area contributed by atoms with Crippen LogP contribution in [0.15, 0.2) is 12.1 Å². The molecule has 0 bridgehead atoms. The molecule has 9 heteroatoms. The predicted octanol–water partition coefficient (Wildman–Crippen LogP) is 2.15. The minimum absolute atomic E-state index is 0.0220. The van der Waals surface area contributed by atoms with Crippen molar-refractivity contribution in [2.24, 2.45) is 0 Å². The van der Waals surface area contributed by atoms with Crippen LogP contribution in [-0.4, -0.2) is 81.5 Å². The molecule has 0 aromatic carbocycles. The van der Waals surface area contributed by atoms with Crippen molar-refractivity contribution in [2.75, 3.05) is 33.2 Å². The lowest BCUT2D eigenvalue weighted by Gasteiger charge is -2.32. The zero-order valence-corrected chi connectivity index (χ0v) is 18.2. The smallest absolute Gasteiger partial charge is 0.352 e. The van der Waals surface area contributed by atoms with E-state index >= 15 is 0 Å². The lowest BCUT2D eigenvalue weighted by Crippen LogP contribution is -2.47. The number of carbonyl (C=O) groups excluding carboxylic acids is 3. The van der Waals surface area contributed by atoms with Gasteiger partial charge in [-0.25, -0.2) is 4.79 Å². The van der Waals surface area contributed by atoms with Gasteiger partial charge in [0.15, 0.2) is 11.6 Å². The van der Waals surface area contributed by atoms with Crippen molar-refractivity contribution < 1.29 is 24.3 Å². The summed E-state index contributed by atoms with van der Waals surface area (Å²) in [5, 5.41) is 8.68. The molecule has 2 aromatic heterocycles. The van der Waals surface area contributed by atoms with Crippen LogP contribution in [0, 0.1) is 0 Å². The van der Waals surface area contributed by atoms with Crippen molar-refractivity contribution in [2.45, 2.75) is 38.5 Å². The second-order valence-electron chi connectivity index (χ2n) is 8.62. The number of nitrogens with zero attached hydrogens (tertiary/aromatic N) is 2. The molecule has 0 unspecified atom stereocenters. The number of piperazine rings is 1. The highest BCUT2D eigenvalue weighted by molar-refractivity contribution is 6.00. The first-order valence-corrected chi connectivity index (χ1v) is 11.0. The topological polar surface area (TPSA) is 127 Å². The maximum atomic E-state index is 12.4. The van der Waals surface area contributed by atoms with Gasteiger partial charge in [0, 0.05) is 39.0 Å². The summed E-state index contributed by atoms with van der Waals surface area (Å²) >= 11 is 0. The summed E-state index contributed by atoms with van der Waals surface area (Å²) in [6.07, 6.45) is 4.52. The van der Waals surface area contributed by atoms with E-state index in [1.807, 2.05) is 11.0 Å². The Balaban J connectivity index is 0.000000165. The fourth-order valence-electron chi connectivity index (χ4n) is 4.43. The molecule has 0 spiro atoms. The van der Waals surface area contributed by atoms with Crippen LogP contribution in [0.1, 0.15) is 78.8 Å². The first kappa shape index (κ1) is 22.0. The average molecular weight is 441 g/mol. The Labute approximate surface area is 185 Å². The number of hydrogen-bond donors (Lipinski definition) is 3. The molecule has 0 radical (unpaired) electrons. The number of nitrogens with one attached hydrogen (secondary N) is 2. The maximum Gasteiger partial charge on any atom is 0.352 e. The van der Waals surface area contributed by atoms with Crippen LogP contribution in [0.2, 0.25) is 0 Å². The van der Waals surface area contributed by atoms with Gasteiger partial charge in [-0.15, -0.1) is 0 Å². The van der Waals surface area contributed by atoms with Crippen LogP contribution >= 0.6 is 0 Å². The van der Waals surface area contributed by atoms with Crippen LogP contribution in [0.3, 0.4) is 0 Å². The number of carboxylic acid groups (broad SMARTS) is 1. The number of amides is 1. The molecule has 5 rings (SSSR count). The largest absolute Gasteiger partial charge is 0.477 e. The van der Waals surface area contributed by atoms with E-state index in [0.717, 1.165) is 63.0 Å². The third-order valence-electron chi connectivity index (χ3n) is 6.31. The quantitative estimate of drug-likeness (QED) is 0.657. The number of hydrogen-bond acceptors (Lipinski definition) is 5. The van der Waals surface area contributed by atoms with E-state index in [-0.39, 0.29) is 23.2 Å². The first-order chi connectivity index (χ1) is 15.3. The summed E-state index contributed by atoms with van der Waals surface area (Å²) in [5.41, 5.74) is 3.68. The maximum absolute atomic E-state index is 12.4. The van der Waals surface area contributed by atoms with Crippen LogP contribution in [0.25, 0.3) is 0 Å². The minimum atomic E-state index is -1.01. The van der Waals surface area contributed by atoms with Gasteiger partial charge in [0.2, 0.25) is 0 Å². The highest BCUT2D eigenvalue weighted by Gasteiger charge is 2.26. The van der Waals surface area contributed by atoms with Gasteiger partial charge in [0.25, 0.3) is 5.91 Å². The van der Waals surface area contributed by atoms with Crippen molar-refractivity contribution in [3.8, 4) is 0 Å². The molecule has 9 nitrogen and oxygen atoms in total. The van der Waals surface area contributed by atoms with E-state index in [4.69, 9.17) is 5.11 Å². The van der Waals surface area contributed by atoms with Gasteiger partial charge in [-0.2, -0.15) is 0 Å². The summed E-state index contributed by atoms with van der Waals surface area (Å²) < 4.78 is 0. The number of aromatic nitrogens is 2. The zero-order valence-electron chi connectivity index (χ0n) is 18.2. The van der Waals surface area contributed by atoms with Gasteiger partial charge >= 0.3 is 5.97 Å². The van der Waals surface area contributed by atoms with Crippen LogP contribution in [0.4, 0.5) is 0 Å². The van der Waals surface area contributed by atoms with E-state index in [0.29, 0.717) is 29.9 Å². The van der Waals surface area contributed by atoms with E-state index in [1.54, 1.807) is 6.07 Å². The number of H-pyrrole nitrogens is 2. The molecule has 2 aliphatic carbocycles. The number of Topliss-reactive ketones (excluding diaryl/α,β-unsaturated/α-hetero) is 2. The summed E-state index contributed by atoms with van der Waals surface area (Å²) in [4.78, 5) is 55.8. The number of aromatic amines is 2. The van der Waals surface area contributed by atoms with E-state index in [9.17, 15) is 19.2 Å². The summed E-state index contributed by atoms with van der Waals surface area (Å²) in [5.74, 6) is -0.829. The Morgan fingerprint density at radius 3 is 1.81 bits per heavy atom. The molecule has 0 atom stereocenters. The fourth-order valence-corrected chi connectivity index (χ4v) is 4.43. The number of likely N-dealkylation sites (N-methyl/N-ethyl adjacent to an activating group) is 1. The zero-order chi connectivity index (χ0) is 22.8. The molecule has 1 saturated heterocycles. The Kier molecular flexibility index (Phi) is 6.27. The summed E-state index contributed by atoms with van der Waals surface area (Å²) in [6.45, 7) is 3.33. The van der Waals surface area contributed by atoms with Gasteiger partial charge < -0.3 is 24.9 Å². The Morgan fingerprint density at radius 2 is 1.31 bits per heavy atom. The molecule has 0 saturated carbocycles. The second kappa shape index (κ2) is 9.12. The summed E-state index contributed by atoms with van der Waals surface area (Å²) in [6, 6.07) is 3.42. The molecule has 3 N–H and O–H groups in total. The Bertz CT molecular complexity index is 1060. The highest BCUT2D eigenvalue weighted by atomic mass is 16.4. The van der Waals surface area contributed by atoms with Gasteiger partial charge in [-0.3, -0.25) is 14.4 Å². The van der Waals surface area contributed by atoms with E-state index in [1.165, 1.54) is 0 Å². The van der Waals surface area contributed by atoms with E-state index in [2.05, 4.69) is 21.9 Å². The number of carboxylic acids is 1. The first-order valence-electron chi connectivity index (χ1n) is 11.0. The van der Waals surface area contributed by atoms with E-state index < -0.39 is 5.97 Å². The lowest BCUT2D eigenvalue weighted by atomic mass is 9.97. The van der Waals surface area contributed by atoms with Gasteiger partial charge in [0.05, 0.1) is 11.4 Å². The minimum Gasteiger partial charge on any atom is -0.477 e. The molecule has 1 fully saturated rings. The van der Waals surface area contributed by atoms with Crippen molar-refractivity contribution in [3.05, 3.63) is 46.0 Å². The molecule has 3 heterocycles. The molecule has 170 valence electrons. The van der Waals surface area contributed by atoms with Crippen molar-refractivity contribution in [1.29, 1.82) is 0 Å². The van der Waals surface area contributed by atoms with Gasteiger partial charge in [-0.05, 0) is 56.0 Å². The number of aryl methyl sites for hydroxylation is 2. The molecule has 3 aliphatic rings. The average Bonchev–Trinajstić information content (AvgIpc) is 3.41. The number of aromatic carboxylic acids is 1. The van der Waals surface area contributed by atoms with Crippen molar-refractivity contribution in [3.63, 3.8) is 0 Å². The molecule has 2 aromatic rings. The SMILES string of the molecule is CN1CCN(C(=O)c2cc3c([nH]2)C(=O)CCC3)CC1.O=C(O)c1cc2c([nH]1)C(=O)CCC2. The molecule has 32 heavy (non-hydrogen) atoms.